The average molecular weight is 858 g/mol. The van der Waals surface area contributed by atoms with Crippen molar-refractivity contribution < 1.29 is 38.0 Å². The molecule has 0 radical (unpaired) electrons. The Morgan fingerprint density at radius 1 is 0.526 bits per heavy atom. The van der Waals surface area contributed by atoms with E-state index in [1.807, 2.05) is 42.5 Å². The van der Waals surface area contributed by atoms with Gasteiger partial charge in [0.25, 0.3) is 0 Å². The topological polar surface area (TPSA) is 89.5 Å². The highest BCUT2D eigenvalue weighted by molar-refractivity contribution is 9.10. The Balaban J connectivity index is 1.90. The maximum absolute atomic E-state index is 13.0. The lowest BCUT2D eigenvalue weighted by Crippen LogP contribution is -2.31. The van der Waals surface area contributed by atoms with E-state index in [1.165, 1.54) is 12.8 Å². The highest BCUT2D eigenvalue weighted by Gasteiger charge is 2.23. The first kappa shape index (κ1) is 48.5. The maximum Gasteiger partial charge on any atom is 0.306 e. The smallest absolute Gasteiger partial charge is 0.306 e. The van der Waals surface area contributed by atoms with Crippen molar-refractivity contribution in [1.29, 1.82) is 0 Å². The molecule has 0 aliphatic rings. The molecule has 0 fully saturated rings. The summed E-state index contributed by atoms with van der Waals surface area (Å²) in [6, 6.07) is 14.0. The number of unbranched alkanes of at least 4 members (excludes halogenated alkanes) is 6. The first-order valence-corrected chi connectivity index (χ1v) is 23.0. The first-order valence-electron chi connectivity index (χ1n) is 22.2. The Kier molecular flexibility index (Phi) is 24.3. The van der Waals surface area contributed by atoms with Crippen LogP contribution in [0.4, 0.5) is 0 Å². The van der Waals surface area contributed by atoms with Gasteiger partial charge in [-0.2, -0.15) is 0 Å². The number of benzene rings is 3. The average Bonchev–Trinajstić information content (AvgIpc) is 3.21. The number of carbonyl (C=O) groups excluding carboxylic acids is 2. The van der Waals surface area contributed by atoms with Gasteiger partial charge in [0.1, 0.15) is 24.7 Å². The number of hydrogen-bond donors (Lipinski definition) is 0. The van der Waals surface area contributed by atoms with E-state index < -0.39 is 12.2 Å². The summed E-state index contributed by atoms with van der Waals surface area (Å²) in [5.74, 6) is 1.85. The van der Waals surface area contributed by atoms with Gasteiger partial charge in [-0.3, -0.25) is 9.59 Å². The minimum atomic E-state index is -0.568. The van der Waals surface area contributed by atoms with Gasteiger partial charge in [0.05, 0.1) is 13.2 Å². The van der Waals surface area contributed by atoms with E-state index in [4.69, 9.17) is 28.4 Å². The van der Waals surface area contributed by atoms with Crippen LogP contribution in [0.3, 0.4) is 0 Å². The van der Waals surface area contributed by atoms with Crippen LogP contribution in [0.1, 0.15) is 144 Å². The summed E-state index contributed by atoms with van der Waals surface area (Å²) in [6.07, 6.45) is 14.3. The van der Waals surface area contributed by atoms with Crippen molar-refractivity contribution in [3.05, 3.63) is 46.9 Å². The molecule has 8 nitrogen and oxygen atoms in total. The number of rotatable bonds is 32. The van der Waals surface area contributed by atoms with E-state index in [2.05, 4.69) is 57.5 Å². The first-order chi connectivity index (χ1) is 27.8. The molecule has 0 bridgehead atoms. The molecule has 0 amide bonds. The lowest BCUT2D eigenvalue weighted by atomic mass is 10.0. The van der Waals surface area contributed by atoms with Gasteiger partial charge < -0.3 is 28.4 Å². The standard InChI is InChI=1S/C48H73BrO8/c1-7-13-17-25-45(50)56-39(32-52-30-36(11-5)21-15-9-3)34-54-47-41-23-19-20-24-42(41)48(44-29-38(49)27-28-43(44)47)55-35-40(57-46(51)26-18-14-8-2)33-53-31-37(12-6)22-16-10-4/h19-20,23-24,27-29,36-37,39-40H,7-18,21-22,25-26,30-35H2,1-6H3. The molecular weight excluding hydrogens is 784 g/mol. The normalized spacial score (nSPS) is 13.7. The van der Waals surface area contributed by atoms with E-state index in [-0.39, 0.29) is 38.4 Å². The summed E-state index contributed by atoms with van der Waals surface area (Å²) in [7, 11) is 0. The molecule has 0 saturated carbocycles. The Bertz CT molecular complexity index is 1580. The van der Waals surface area contributed by atoms with Crippen LogP contribution in [-0.4, -0.2) is 63.8 Å². The SMILES string of the molecule is CCCCCC(=O)OC(COCC(CC)CCCC)COc1c2ccccc2c(OCC(COCC(CC)CCCC)OC(=O)CCCCC)c2cc(Br)ccc12. The zero-order valence-electron chi connectivity index (χ0n) is 36.1. The maximum atomic E-state index is 13.0. The van der Waals surface area contributed by atoms with E-state index in [0.29, 0.717) is 49.4 Å². The van der Waals surface area contributed by atoms with Gasteiger partial charge in [-0.15, -0.1) is 0 Å². The number of carbonyl (C=O) groups is 2. The van der Waals surface area contributed by atoms with Gasteiger partial charge in [0, 0.05) is 52.1 Å². The Morgan fingerprint density at radius 3 is 1.40 bits per heavy atom. The van der Waals surface area contributed by atoms with Crippen molar-refractivity contribution in [2.24, 2.45) is 11.8 Å². The zero-order chi connectivity index (χ0) is 41.3. The Morgan fingerprint density at radius 2 is 0.965 bits per heavy atom. The minimum absolute atomic E-state index is 0.140. The van der Waals surface area contributed by atoms with Crippen molar-refractivity contribution in [2.45, 2.75) is 156 Å². The van der Waals surface area contributed by atoms with Crippen LogP contribution in [0.2, 0.25) is 0 Å². The summed E-state index contributed by atoms with van der Waals surface area (Å²) in [5.41, 5.74) is 0. The van der Waals surface area contributed by atoms with Crippen LogP contribution < -0.4 is 9.47 Å². The predicted molar refractivity (Wildman–Crippen MR) is 236 cm³/mol. The summed E-state index contributed by atoms with van der Waals surface area (Å²) < 4.78 is 38.7. The summed E-state index contributed by atoms with van der Waals surface area (Å²) in [5, 5.41) is 3.44. The monoisotopic (exact) mass is 856 g/mol. The third kappa shape index (κ3) is 17.5. The van der Waals surface area contributed by atoms with Gasteiger partial charge in [0.15, 0.2) is 12.2 Å². The quantitative estimate of drug-likeness (QED) is 0.0348. The molecule has 0 heterocycles. The molecule has 0 saturated heterocycles. The number of halogens is 1. The lowest BCUT2D eigenvalue weighted by molar-refractivity contribution is -0.155. The molecule has 0 aliphatic heterocycles. The van der Waals surface area contributed by atoms with E-state index in [1.54, 1.807) is 0 Å². The fourth-order valence-electron chi connectivity index (χ4n) is 7.02. The van der Waals surface area contributed by atoms with E-state index >= 15 is 0 Å². The lowest BCUT2D eigenvalue weighted by Gasteiger charge is -2.24. The minimum Gasteiger partial charge on any atom is -0.488 e. The van der Waals surface area contributed by atoms with Crippen LogP contribution in [0, 0.1) is 11.8 Å². The number of ether oxygens (including phenoxy) is 6. The van der Waals surface area contributed by atoms with E-state index in [9.17, 15) is 9.59 Å². The highest BCUT2D eigenvalue weighted by atomic mass is 79.9. The molecule has 0 spiro atoms. The van der Waals surface area contributed by atoms with Crippen molar-refractivity contribution in [1.82, 2.24) is 0 Å². The van der Waals surface area contributed by atoms with Crippen molar-refractivity contribution in [3.63, 3.8) is 0 Å². The molecule has 4 atom stereocenters. The van der Waals surface area contributed by atoms with Crippen LogP contribution in [-0.2, 0) is 28.5 Å². The predicted octanol–water partition coefficient (Wildman–Crippen LogP) is 13.0. The van der Waals surface area contributed by atoms with Gasteiger partial charge in [-0.25, -0.2) is 0 Å². The number of esters is 2. The van der Waals surface area contributed by atoms with Gasteiger partial charge in [-0.05, 0) is 55.7 Å². The van der Waals surface area contributed by atoms with Crippen LogP contribution in [0.25, 0.3) is 21.5 Å². The molecule has 4 unspecified atom stereocenters. The summed E-state index contributed by atoms with van der Waals surface area (Å²) >= 11 is 3.69. The van der Waals surface area contributed by atoms with Crippen LogP contribution in [0.5, 0.6) is 11.5 Å². The summed E-state index contributed by atoms with van der Waals surface area (Å²) in [6.45, 7) is 15.1. The number of fused-ring (bicyclic) bond motifs is 2. The Hall–Kier alpha value is -2.88. The fourth-order valence-corrected chi connectivity index (χ4v) is 7.39. The largest absolute Gasteiger partial charge is 0.488 e. The highest BCUT2D eigenvalue weighted by Crippen LogP contribution is 2.44. The molecule has 57 heavy (non-hydrogen) atoms. The molecule has 3 aromatic carbocycles. The van der Waals surface area contributed by atoms with Gasteiger partial charge >= 0.3 is 11.9 Å². The third-order valence-electron chi connectivity index (χ3n) is 10.7. The second-order valence-electron chi connectivity index (χ2n) is 15.6. The fraction of sp³-hybridized carbons (Fsp3) is 0.667. The number of hydrogen-bond acceptors (Lipinski definition) is 8. The Labute approximate surface area is 352 Å². The van der Waals surface area contributed by atoms with Crippen LogP contribution in [0.15, 0.2) is 46.9 Å². The van der Waals surface area contributed by atoms with Crippen molar-refractivity contribution >= 4 is 49.4 Å². The van der Waals surface area contributed by atoms with Gasteiger partial charge in [0.2, 0.25) is 0 Å². The molecule has 3 aromatic rings. The second-order valence-corrected chi connectivity index (χ2v) is 16.5. The second kappa shape index (κ2) is 28.5. The molecule has 320 valence electrons. The van der Waals surface area contributed by atoms with E-state index in [0.717, 1.165) is 103 Å². The molecule has 9 heteroatoms. The summed E-state index contributed by atoms with van der Waals surface area (Å²) in [4.78, 5) is 25.9. The zero-order valence-corrected chi connectivity index (χ0v) is 37.6. The third-order valence-corrected chi connectivity index (χ3v) is 11.2. The molecule has 3 rings (SSSR count). The molecular formula is C48H73BrO8. The molecule has 0 aromatic heterocycles. The molecule has 0 aliphatic carbocycles. The van der Waals surface area contributed by atoms with Gasteiger partial charge in [-0.1, -0.05) is 146 Å². The van der Waals surface area contributed by atoms with Crippen LogP contribution >= 0.6 is 15.9 Å². The van der Waals surface area contributed by atoms with Crippen molar-refractivity contribution in [2.75, 3.05) is 39.6 Å². The van der Waals surface area contributed by atoms with Crippen molar-refractivity contribution in [3.8, 4) is 11.5 Å². The molecule has 0 N–H and O–H groups in total.